The van der Waals surface area contributed by atoms with Gasteiger partial charge in [-0.25, -0.2) is 0 Å². The van der Waals surface area contributed by atoms with Crippen molar-refractivity contribution in [1.82, 2.24) is 0 Å². The van der Waals surface area contributed by atoms with Gasteiger partial charge in [-0.1, -0.05) is 60.8 Å². The first-order chi connectivity index (χ1) is 8.39. The van der Waals surface area contributed by atoms with Crippen LogP contribution in [0.15, 0.2) is 0 Å². The van der Waals surface area contributed by atoms with Crippen LogP contribution in [0.5, 0.6) is 0 Å². The molecule has 2 atom stereocenters. The number of hydrogen-bond donors (Lipinski definition) is 0. The molecule has 0 N–H and O–H groups in total. The van der Waals surface area contributed by atoms with Crippen LogP contribution in [-0.2, 0) is 4.74 Å². The molecule has 0 radical (unpaired) electrons. The average Bonchev–Trinajstić information content (AvgIpc) is 2.26. The zero-order chi connectivity index (χ0) is 14.0. The fourth-order valence-electron chi connectivity index (χ4n) is 2.58. The molecule has 0 saturated heterocycles. The summed E-state index contributed by atoms with van der Waals surface area (Å²) in [6, 6.07) is 0. The Morgan fingerprint density at radius 3 is 2.22 bits per heavy atom. The summed E-state index contributed by atoms with van der Waals surface area (Å²) in [5, 5.41) is 0. The van der Waals surface area contributed by atoms with E-state index in [2.05, 4.69) is 41.5 Å². The van der Waals surface area contributed by atoms with Crippen LogP contribution < -0.4 is 0 Å². The molecule has 0 aromatic heterocycles. The highest BCUT2D eigenvalue weighted by molar-refractivity contribution is 4.66. The van der Waals surface area contributed by atoms with E-state index in [0.717, 1.165) is 25.0 Å². The Labute approximate surface area is 116 Å². The quantitative estimate of drug-likeness (QED) is 0.457. The number of ether oxygens (including phenoxy) is 1. The summed E-state index contributed by atoms with van der Waals surface area (Å²) in [4.78, 5) is 0. The Hall–Kier alpha value is -0.0400. The smallest absolute Gasteiger partial charge is 0.0494 e. The molecule has 0 aliphatic carbocycles. The zero-order valence-corrected chi connectivity index (χ0v) is 13.7. The first kappa shape index (κ1) is 18.0. The van der Waals surface area contributed by atoms with Crippen molar-refractivity contribution < 1.29 is 4.74 Å². The van der Waals surface area contributed by atoms with E-state index in [4.69, 9.17) is 4.74 Å². The molecule has 0 rings (SSSR count). The SMILES string of the molecule is CCCCC(CC)COCCC(C)CC(C)(C)C. The molecule has 0 amide bonds. The van der Waals surface area contributed by atoms with Crippen molar-refractivity contribution in [2.45, 2.75) is 80.1 Å². The Bertz CT molecular complexity index is 181. The van der Waals surface area contributed by atoms with Crippen molar-refractivity contribution in [2.75, 3.05) is 13.2 Å². The summed E-state index contributed by atoms with van der Waals surface area (Å²) >= 11 is 0. The van der Waals surface area contributed by atoms with Crippen LogP contribution >= 0.6 is 0 Å². The fraction of sp³-hybridized carbons (Fsp3) is 1.00. The van der Waals surface area contributed by atoms with Crippen LogP contribution in [0.25, 0.3) is 0 Å². The molecule has 18 heavy (non-hydrogen) atoms. The number of rotatable bonds is 10. The van der Waals surface area contributed by atoms with E-state index in [9.17, 15) is 0 Å². The summed E-state index contributed by atoms with van der Waals surface area (Å²) in [6.45, 7) is 15.8. The van der Waals surface area contributed by atoms with Crippen molar-refractivity contribution in [2.24, 2.45) is 17.3 Å². The van der Waals surface area contributed by atoms with Crippen LogP contribution in [0.3, 0.4) is 0 Å². The Morgan fingerprint density at radius 2 is 1.72 bits per heavy atom. The molecule has 0 spiro atoms. The highest BCUT2D eigenvalue weighted by atomic mass is 16.5. The van der Waals surface area contributed by atoms with Gasteiger partial charge >= 0.3 is 0 Å². The monoisotopic (exact) mass is 256 g/mol. The largest absolute Gasteiger partial charge is 0.381 e. The van der Waals surface area contributed by atoms with E-state index in [0.29, 0.717) is 5.41 Å². The molecule has 0 aliphatic rings. The maximum atomic E-state index is 5.87. The lowest BCUT2D eigenvalue weighted by molar-refractivity contribution is 0.0810. The van der Waals surface area contributed by atoms with Crippen LogP contribution in [0.1, 0.15) is 80.1 Å². The predicted molar refractivity (Wildman–Crippen MR) is 82.0 cm³/mol. The van der Waals surface area contributed by atoms with Crippen molar-refractivity contribution in [1.29, 1.82) is 0 Å². The van der Waals surface area contributed by atoms with Gasteiger partial charge in [0.15, 0.2) is 0 Å². The highest BCUT2D eigenvalue weighted by Crippen LogP contribution is 2.25. The van der Waals surface area contributed by atoms with Crippen LogP contribution in [0.2, 0.25) is 0 Å². The summed E-state index contributed by atoms with van der Waals surface area (Å²) < 4.78 is 5.87. The van der Waals surface area contributed by atoms with Gasteiger partial charge in [-0.15, -0.1) is 0 Å². The van der Waals surface area contributed by atoms with Crippen molar-refractivity contribution in [3.05, 3.63) is 0 Å². The molecular weight excluding hydrogens is 220 g/mol. The number of hydrogen-bond acceptors (Lipinski definition) is 1. The van der Waals surface area contributed by atoms with Gasteiger partial charge in [-0.3, -0.25) is 0 Å². The minimum Gasteiger partial charge on any atom is -0.381 e. The molecule has 0 saturated carbocycles. The maximum absolute atomic E-state index is 5.87. The topological polar surface area (TPSA) is 9.23 Å². The first-order valence-electron chi connectivity index (χ1n) is 7.96. The molecule has 110 valence electrons. The van der Waals surface area contributed by atoms with Crippen molar-refractivity contribution in [3.8, 4) is 0 Å². The average molecular weight is 256 g/mol. The molecule has 0 aromatic carbocycles. The second kappa shape index (κ2) is 9.83. The van der Waals surface area contributed by atoms with E-state index < -0.39 is 0 Å². The molecule has 0 fully saturated rings. The molecule has 0 aliphatic heterocycles. The second-order valence-electron chi connectivity index (χ2n) is 7.15. The van der Waals surface area contributed by atoms with E-state index in [1.165, 1.54) is 38.5 Å². The normalized spacial score (nSPS) is 15.7. The van der Waals surface area contributed by atoms with E-state index >= 15 is 0 Å². The Kier molecular flexibility index (Phi) is 9.81. The van der Waals surface area contributed by atoms with Crippen molar-refractivity contribution in [3.63, 3.8) is 0 Å². The third kappa shape index (κ3) is 11.1. The van der Waals surface area contributed by atoms with Crippen LogP contribution in [-0.4, -0.2) is 13.2 Å². The third-order valence-corrected chi connectivity index (χ3v) is 3.61. The Balaban J connectivity index is 3.58. The summed E-state index contributed by atoms with van der Waals surface area (Å²) in [6.07, 6.45) is 7.76. The minimum absolute atomic E-state index is 0.451. The first-order valence-corrected chi connectivity index (χ1v) is 7.96. The maximum Gasteiger partial charge on any atom is 0.0494 e. The van der Waals surface area contributed by atoms with E-state index in [-0.39, 0.29) is 0 Å². The van der Waals surface area contributed by atoms with Gasteiger partial charge in [0.25, 0.3) is 0 Å². The fourth-order valence-corrected chi connectivity index (χ4v) is 2.58. The molecule has 2 unspecified atom stereocenters. The molecule has 1 heteroatoms. The number of unbranched alkanes of at least 4 members (excludes halogenated alkanes) is 1. The predicted octanol–water partition coefficient (Wildman–Crippen LogP) is 5.68. The minimum atomic E-state index is 0.451. The van der Waals surface area contributed by atoms with E-state index in [1.54, 1.807) is 0 Å². The summed E-state index contributed by atoms with van der Waals surface area (Å²) in [5.74, 6) is 1.56. The van der Waals surface area contributed by atoms with Gasteiger partial charge in [0.1, 0.15) is 0 Å². The molecular formula is C17H36O. The summed E-state index contributed by atoms with van der Waals surface area (Å²) in [7, 11) is 0. The lowest BCUT2D eigenvalue weighted by Crippen LogP contribution is -2.14. The van der Waals surface area contributed by atoms with Gasteiger partial charge in [0, 0.05) is 13.2 Å². The van der Waals surface area contributed by atoms with E-state index in [1.807, 2.05) is 0 Å². The Morgan fingerprint density at radius 1 is 1.06 bits per heavy atom. The molecule has 1 nitrogen and oxygen atoms in total. The van der Waals surface area contributed by atoms with Crippen LogP contribution in [0.4, 0.5) is 0 Å². The zero-order valence-electron chi connectivity index (χ0n) is 13.7. The van der Waals surface area contributed by atoms with Gasteiger partial charge in [-0.05, 0) is 36.5 Å². The lowest BCUT2D eigenvalue weighted by atomic mass is 9.84. The third-order valence-electron chi connectivity index (χ3n) is 3.61. The molecule has 0 aromatic rings. The molecule has 0 bridgehead atoms. The van der Waals surface area contributed by atoms with Crippen LogP contribution in [0, 0.1) is 17.3 Å². The highest BCUT2D eigenvalue weighted by Gasteiger charge is 2.15. The summed E-state index contributed by atoms with van der Waals surface area (Å²) in [5.41, 5.74) is 0.451. The second-order valence-corrected chi connectivity index (χ2v) is 7.15. The molecule has 0 heterocycles. The van der Waals surface area contributed by atoms with Gasteiger partial charge in [0.05, 0.1) is 0 Å². The van der Waals surface area contributed by atoms with Gasteiger partial charge in [0.2, 0.25) is 0 Å². The van der Waals surface area contributed by atoms with Crippen molar-refractivity contribution >= 4 is 0 Å². The van der Waals surface area contributed by atoms with Gasteiger partial charge in [-0.2, -0.15) is 0 Å². The standard InChI is InChI=1S/C17H36O/c1-7-9-10-16(8-2)14-18-12-11-15(3)13-17(4,5)6/h15-16H,7-14H2,1-6H3. The lowest BCUT2D eigenvalue weighted by Gasteiger charge is -2.23. The van der Waals surface area contributed by atoms with Gasteiger partial charge < -0.3 is 4.74 Å².